The first-order valence-electron chi connectivity index (χ1n) is 28.3. The molecule has 0 saturated carbocycles. The van der Waals surface area contributed by atoms with Gasteiger partial charge in [-0.15, -0.1) is 0 Å². The van der Waals surface area contributed by atoms with Crippen molar-refractivity contribution in [2.45, 2.75) is 235 Å². The van der Waals surface area contributed by atoms with Crippen molar-refractivity contribution in [2.24, 2.45) is 0 Å². The highest BCUT2D eigenvalue weighted by Crippen LogP contribution is 2.45. The molecule has 0 aliphatic rings. The van der Waals surface area contributed by atoms with E-state index in [1.807, 2.05) is 12.1 Å². The maximum Gasteiger partial charge on any atom is 0.123 e. The highest BCUT2D eigenvalue weighted by molar-refractivity contribution is 5.57. The summed E-state index contributed by atoms with van der Waals surface area (Å²) in [6.45, 7) is 51.1. The van der Waals surface area contributed by atoms with Gasteiger partial charge in [0.1, 0.15) is 34.5 Å². The molecule has 0 fully saturated rings. The van der Waals surface area contributed by atoms with Crippen LogP contribution in [0, 0.1) is 0 Å². The van der Waals surface area contributed by atoms with Crippen LogP contribution in [0.15, 0.2) is 84.9 Å². The van der Waals surface area contributed by atoms with Crippen LogP contribution in [0.4, 0.5) is 0 Å². The molecule has 0 unspecified atom stereocenters. The van der Waals surface area contributed by atoms with Crippen molar-refractivity contribution in [3.05, 3.63) is 174 Å². The van der Waals surface area contributed by atoms with Crippen molar-refractivity contribution in [3.8, 4) is 34.5 Å². The fourth-order valence-corrected chi connectivity index (χ4v) is 10.5. The SMILES string of the molecule is CC(C)(C)c1cc(Cc2cc(Cc3cc(C(C)(C)C)c(O)c(C(C)(C)C)c3)c(O)c(Cc3cc(C(C)(C)C)c(O)c(C(C)(C)C)c3)c2)cc(C(C)(C)C)c1O.CC(C)(C)c1cc(Cc2ccc(O)cc2)cc(C(C)(C)C)c1O. The molecule has 6 aromatic rings. The predicted molar refractivity (Wildman–Crippen MR) is 329 cm³/mol. The first-order chi connectivity index (χ1) is 35.2. The summed E-state index contributed by atoms with van der Waals surface area (Å²) >= 11 is 0. The lowest BCUT2D eigenvalue weighted by Gasteiger charge is -2.29. The summed E-state index contributed by atoms with van der Waals surface area (Å²) in [5.74, 6) is 2.02. The van der Waals surface area contributed by atoms with Crippen LogP contribution in [0.5, 0.6) is 34.5 Å². The third-order valence-electron chi connectivity index (χ3n) is 15.0. The van der Waals surface area contributed by atoms with E-state index >= 15 is 0 Å². The van der Waals surface area contributed by atoms with Crippen LogP contribution in [0.25, 0.3) is 0 Å². The van der Waals surface area contributed by atoms with E-state index < -0.39 is 0 Å². The summed E-state index contributed by atoms with van der Waals surface area (Å²) in [6.07, 6.45) is 2.39. The van der Waals surface area contributed by atoms with Gasteiger partial charge < -0.3 is 30.6 Å². The lowest BCUT2D eigenvalue weighted by atomic mass is 9.77. The van der Waals surface area contributed by atoms with Crippen molar-refractivity contribution >= 4 is 0 Å². The number of hydrogen-bond acceptors (Lipinski definition) is 6. The fraction of sp³-hybridized carbons (Fsp3) is 0.500. The van der Waals surface area contributed by atoms with Crippen LogP contribution in [0.2, 0.25) is 0 Å². The Kier molecular flexibility index (Phi) is 17.7. The molecule has 6 N–H and O–H groups in total. The molecule has 6 nitrogen and oxygen atoms in total. The van der Waals surface area contributed by atoms with Crippen LogP contribution < -0.4 is 0 Å². The van der Waals surface area contributed by atoms with E-state index in [4.69, 9.17) is 0 Å². The Balaban J connectivity index is 0.000000404. The number of hydrogen-bond donors (Lipinski definition) is 6. The van der Waals surface area contributed by atoms with E-state index in [0.717, 1.165) is 89.9 Å². The molecule has 0 aliphatic carbocycles. The molecule has 424 valence electrons. The van der Waals surface area contributed by atoms with Gasteiger partial charge in [0.15, 0.2) is 0 Å². The highest BCUT2D eigenvalue weighted by atomic mass is 16.3. The largest absolute Gasteiger partial charge is 0.508 e. The predicted octanol–water partition coefficient (Wildman–Crippen LogP) is 18.3. The first kappa shape index (κ1) is 63.0. The average Bonchev–Trinajstić information content (AvgIpc) is 3.25. The Bertz CT molecular complexity index is 2860. The Labute approximate surface area is 472 Å². The average molecular weight is 1060 g/mol. The van der Waals surface area contributed by atoms with Gasteiger partial charge in [0.2, 0.25) is 0 Å². The molecule has 0 bridgehead atoms. The summed E-state index contributed by atoms with van der Waals surface area (Å²) in [5, 5.41) is 66.9. The summed E-state index contributed by atoms with van der Waals surface area (Å²) in [4.78, 5) is 0. The quantitative estimate of drug-likeness (QED) is 0.0903. The monoisotopic (exact) mass is 1060 g/mol. The van der Waals surface area contributed by atoms with Crippen molar-refractivity contribution in [2.75, 3.05) is 0 Å². The minimum atomic E-state index is -0.280. The third-order valence-corrected chi connectivity index (χ3v) is 15.0. The topological polar surface area (TPSA) is 121 Å². The standard InChI is InChI=1S/C51H72O4.C21H28O2/c1-46(2,3)36-24-31(25-37(43(36)53)47(4,5)6)19-30-20-34(22-32-26-38(48(7,8)9)44(54)39(27-32)49(10,11)12)42(52)35(21-30)23-33-28-40(50(13,14)15)45(55)41(29-33)51(16,17)18;1-20(2,3)17-12-15(11-14-7-9-16(22)10-8-14)13-18(19(17)23)21(4,5)6/h20-21,24-29,52-55H,19,22-23H2,1-18H3;7-10,12-13,22-23H,11H2,1-6H3. The second-order valence-electron chi connectivity index (χ2n) is 30.8. The Morgan fingerprint density at radius 1 is 0.218 bits per heavy atom. The molecular weight excluding hydrogens is 961 g/mol. The molecule has 0 spiro atoms. The summed E-state index contributed by atoms with van der Waals surface area (Å²) in [6, 6.07) is 28.5. The second kappa shape index (κ2) is 22.0. The van der Waals surface area contributed by atoms with Crippen molar-refractivity contribution in [3.63, 3.8) is 0 Å². The van der Waals surface area contributed by atoms with Crippen LogP contribution in [-0.4, -0.2) is 30.6 Å². The lowest BCUT2D eigenvalue weighted by Crippen LogP contribution is -2.18. The first-order valence-corrected chi connectivity index (χ1v) is 28.3. The van der Waals surface area contributed by atoms with Crippen LogP contribution in [-0.2, 0) is 69.0 Å². The summed E-state index contributed by atoms with van der Waals surface area (Å²) < 4.78 is 0. The second-order valence-corrected chi connectivity index (χ2v) is 30.8. The Morgan fingerprint density at radius 2 is 0.397 bits per heavy atom. The molecule has 0 radical (unpaired) electrons. The summed E-state index contributed by atoms with van der Waals surface area (Å²) in [7, 11) is 0. The minimum absolute atomic E-state index is 0.116. The summed E-state index contributed by atoms with van der Waals surface area (Å²) in [5.41, 5.74) is 13.8. The minimum Gasteiger partial charge on any atom is -0.508 e. The van der Waals surface area contributed by atoms with Gasteiger partial charge in [-0.05, 0) is 157 Å². The molecular formula is C72H100O6. The lowest BCUT2D eigenvalue weighted by molar-refractivity contribution is 0.422. The van der Waals surface area contributed by atoms with Gasteiger partial charge >= 0.3 is 0 Å². The van der Waals surface area contributed by atoms with Crippen LogP contribution >= 0.6 is 0 Å². The van der Waals surface area contributed by atoms with E-state index in [1.165, 1.54) is 5.56 Å². The van der Waals surface area contributed by atoms with Crippen LogP contribution in [0.3, 0.4) is 0 Å². The number of aromatic hydroxyl groups is 6. The number of phenolic OH excluding ortho intramolecular Hbond substituents is 6. The number of benzene rings is 6. The van der Waals surface area contributed by atoms with Gasteiger partial charge in [0, 0.05) is 12.8 Å². The number of phenols is 6. The van der Waals surface area contributed by atoms with E-state index in [1.54, 1.807) is 12.1 Å². The normalized spacial score (nSPS) is 13.1. The molecule has 0 aromatic heterocycles. The van der Waals surface area contributed by atoms with E-state index in [0.29, 0.717) is 42.3 Å². The van der Waals surface area contributed by atoms with Gasteiger partial charge in [0.05, 0.1) is 0 Å². The van der Waals surface area contributed by atoms with E-state index in [2.05, 4.69) is 227 Å². The molecule has 6 aromatic carbocycles. The Hall–Kier alpha value is -5.88. The zero-order valence-electron chi connectivity index (χ0n) is 52.6. The molecule has 0 aliphatic heterocycles. The molecule has 6 rings (SSSR count). The molecule has 0 heterocycles. The number of rotatable bonds is 8. The van der Waals surface area contributed by atoms with Crippen molar-refractivity contribution < 1.29 is 30.6 Å². The highest BCUT2D eigenvalue weighted by Gasteiger charge is 2.31. The Morgan fingerprint density at radius 3 is 0.603 bits per heavy atom. The molecule has 0 saturated heterocycles. The van der Waals surface area contributed by atoms with Crippen LogP contribution in [0.1, 0.15) is 255 Å². The fourth-order valence-electron chi connectivity index (χ4n) is 10.5. The van der Waals surface area contributed by atoms with Crippen molar-refractivity contribution in [1.29, 1.82) is 0 Å². The van der Waals surface area contributed by atoms with Gasteiger partial charge in [-0.3, -0.25) is 0 Å². The van der Waals surface area contributed by atoms with E-state index in [9.17, 15) is 30.6 Å². The van der Waals surface area contributed by atoms with Gasteiger partial charge in [0.25, 0.3) is 0 Å². The maximum atomic E-state index is 12.2. The smallest absolute Gasteiger partial charge is 0.123 e. The third kappa shape index (κ3) is 15.3. The zero-order valence-corrected chi connectivity index (χ0v) is 52.6. The molecule has 0 atom stereocenters. The zero-order chi connectivity index (χ0) is 59.4. The molecule has 0 amide bonds. The van der Waals surface area contributed by atoms with E-state index in [-0.39, 0.29) is 54.8 Å². The van der Waals surface area contributed by atoms with Gasteiger partial charge in [-0.1, -0.05) is 239 Å². The van der Waals surface area contributed by atoms with Crippen molar-refractivity contribution in [1.82, 2.24) is 0 Å². The maximum absolute atomic E-state index is 12.2. The molecule has 6 heteroatoms. The van der Waals surface area contributed by atoms with Gasteiger partial charge in [-0.25, -0.2) is 0 Å². The molecule has 78 heavy (non-hydrogen) atoms. The van der Waals surface area contributed by atoms with Gasteiger partial charge in [-0.2, -0.15) is 0 Å².